The molecule has 1 heterocycles. The van der Waals surface area contributed by atoms with Gasteiger partial charge in [-0.2, -0.15) is 0 Å². The van der Waals surface area contributed by atoms with Crippen LogP contribution >= 0.6 is 11.8 Å². The van der Waals surface area contributed by atoms with E-state index in [9.17, 15) is 14.0 Å². The van der Waals surface area contributed by atoms with Crippen molar-refractivity contribution < 1.29 is 14.0 Å². The van der Waals surface area contributed by atoms with Crippen LogP contribution in [0.15, 0.2) is 60.3 Å². The van der Waals surface area contributed by atoms with Crippen molar-refractivity contribution in [1.82, 2.24) is 20.1 Å². The first-order valence-electron chi connectivity index (χ1n) is 9.94. The second kappa shape index (κ2) is 10.7. The van der Waals surface area contributed by atoms with Gasteiger partial charge in [-0.25, -0.2) is 4.39 Å². The molecule has 0 aliphatic rings. The molecule has 0 unspecified atom stereocenters. The topological polar surface area (TPSA) is 88.9 Å². The molecule has 0 spiro atoms. The Morgan fingerprint density at radius 1 is 1.16 bits per heavy atom. The first-order chi connectivity index (χ1) is 15.4. The Kier molecular flexibility index (Phi) is 7.77. The highest BCUT2D eigenvalue weighted by molar-refractivity contribution is 7.99. The lowest BCUT2D eigenvalue weighted by Crippen LogP contribution is -2.25. The molecular weight excluding hydrogens is 429 g/mol. The fraction of sp³-hybridized carbons (Fsp3) is 0.217. The van der Waals surface area contributed by atoms with Crippen LogP contribution in [-0.2, 0) is 17.9 Å². The van der Waals surface area contributed by atoms with Gasteiger partial charge in [0.05, 0.1) is 12.3 Å². The molecule has 7 nitrogen and oxygen atoms in total. The van der Waals surface area contributed by atoms with Gasteiger partial charge in [-0.3, -0.25) is 9.59 Å². The Balaban J connectivity index is 1.63. The minimum absolute atomic E-state index is 0.0702. The highest BCUT2D eigenvalue weighted by Gasteiger charge is 2.16. The predicted molar refractivity (Wildman–Crippen MR) is 123 cm³/mol. The van der Waals surface area contributed by atoms with Crippen LogP contribution in [0, 0.1) is 19.7 Å². The molecule has 32 heavy (non-hydrogen) atoms. The molecule has 2 aromatic carbocycles. The fourth-order valence-electron chi connectivity index (χ4n) is 3.00. The second-order valence-corrected chi connectivity index (χ2v) is 8.03. The first-order valence-corrected chi connectivity index (χ1v) is 10.9. The zero-order valence-corrected chi connectivity index (χ0v) is 18.7. The van der Waals surface area contributed by atoms with Gasteiger partial charge in [0.1, 0.15) is 5.82 Å². The molecule has 0 fully saturated rings. The van der Waals surface area contributed by atoms with Crippen molar-refractivity contribution in [3.63, 3.8) is 0 Å². The SMILES string of the molecule is C=CCn1c(CNC(=O)c2ccccc2C)nnc1SCC(=O)Nc1cc(F)ccc1C. The number of rotatable bonds is 9. The first kappa shape index (κ1) is 23.2. The third kappa shape index (κ3) is 5.82. The van der Waals surface area contributed by atoms with Crippen molar-refractivity contribution in [2.45, 2.75) is 32.1 Å². The van der Waals surface area contributed by atoms with Crippen LogP contribution in [0.25, 0.3) is 0 Å². The average Bonchev–Trinajstić information content (AvgIpc) is 3.15. The molecule has 0 aliphatic carbocycles. The smallest absolute Gasteiger partial charge is 0.251 e. The molecule has 2 N–H and O–H groups in total. The Hall–Kier alpha value is -3.46. The summed E-state index contributed by atoms with van der Waals surface area (Å²) >= 11 is 1.20. The molecule has 0 radical (unpaired) electrons. The predicted octanol–water partition coefficient (Wildman–Crippen LogP) is 3.88. The van der Waals surface area contributed by atoms with Crippen LogP contribution < -0.4 is 10.6 Å². The number of halogens is 1. The number of aromatic nitrogens is 3. The van der Waals surface area contributed by atoms with Crippen LogP contribution in [0.1, 0.15) is 27.3 Å². The number of hydrogen-bond acceptors (Lipinski definition) is 5. The van der Waals surface area contributed by atoms with Crippen LogP contribution in [0.5, 0.6) is 0 Å². The van der Waals surface area contributed by atoms with E-state index in [0.717, 1.165) is 11.1 Å². The van der Waals surface area contributed by atoms with E-state index in [1.54, 1.807) is 29.7 Å². The van der Waals surface area contributed by atoms with Gasteiger partial charge in [0.25, 0.3) is 5.91 Å². The molecule has 3 rings (SSSR count). The number of carbonyl (C=O) groups is 2. The summed E-state index contributed by atoms with van der Waals surface area (Å²) < 4.78 is 15.2. The van der Waals surface area contributed by atoms with Crippen molar-refractivity contribution >= 4 is 29.3 Å². The van der Waals surface area contributed by atoms with E-state index in [2.05, 4.69) is 27.4 Å². The number of amides is 2. The largest absolute Gasteiger partial charge is 0.345 e. The zero-order valence-electron chi connectivity index (χ0n) is 17.9. The maximum absolute atomic E-state index is 13.4. The molecule has 1 aromatic heterocycles. The van der Waals surface area contributed by atoms with E-state index in [1.807, 2.05) is 25.1 Å². The van der Waals surface area contributed by atoms with Gasteiger partial charge in [-0.15, -0.1) is 16.8 Å². The van der Waals surface area contributed by atoms with Crippen LogP contribution in [-0.4, -0.2) is 32.3 Å². The molecule has 0 bridgehead atoms. The Morgan fingerprint density at radius 3 is 2.69 bits per heavy atom. The van der Waals surface area contributed by atoms with Crippen molar-refractivity contribution in [3.8, 4) is 0 Å². The number of anilines is 1. The maximum atomic E-state index is 13.4. The molecule has 0 saturated heterocycles. The number of allylic oxidation sites excluding steroid dienone is 1. The Bertz CT molecular complexity index is 1150. The third-order valence-corrected chi connectivity index (χ3v) is 5.67. The van der Waals surface area contributed by atoms with E-state index in [0.29, 0.717) is 28.8 Å². The van der Waals surface area contributed by atoms with Crippen LogP contribution in [0.4, 0.5) is 10.1 Å². The molecule has 2 amide bonds. The van der Waals surface area contributed by atoms with Gasteiger partial charge in [0, 0.05) is 17.8 Å². The number of nitrogens with one attached hydrogen (secondary N) is 2. The molecule has 0 atom stereocenters. The van der Waals surface area contributed by atoms with Gasteiger partial charge in [-0.05, 0) is 43.2 Å². The fourth-order valence-corrected chi connectivity index (χ4v) is 3.76. The number of nitrogens with zero attached hydrogens (tertiary/aromatic N) is 3. The molecule has 166 valence electrons. The van der Waals surface area contributed by atoms with Crippen LogP contribution in [0.3, 0.4) is 0 Å². The van der Waals surface area contributed by atoms with Crippen molar-refractivity contribution in [3.05, 3.63) is 83.5 Å². The minimum atomic E-state index is -0.415. The summed E-state index contributed by atoms with van der Waals surface area (Å²) in [5, 5.41) is 14.4. The number of benzene rings is 2. The highest BCUT2D eigenvalue weighted by Crippen LogP contribution is 2.20. The van der Waals surface area contributed by atoms with Gasteiger partial charge in [0.2, 0.25) is 5.91 Å². The molecular formula is C23H24FN5O2S. The summed E-state index contributed by atoms with van der Waals surface area (Å²) in [6.07, 6.45) is 1.69. The van der Waals surface area contributed by atoms with Gasteiger partial charge < -0.3 is 15.2 Å². The van der Waals surface area contributed by atoms with Crippen LogP contribution in [0.2, 0.25) is 0 Å². The van der Waals surface area contributed by atoms with Gasteiger partial charge >= 0.3 is 0 Å². The molecule has 0 aliphatic heterocycles. The van der Waals surface area contributed by atoms with Crippen molar-refractivity contribution in [1.29, 1.82) is 0 Å². The van der Waals surface area contributed by atoms with E-state index < -0.39 is 5.82 Å². The summed E-state index contributed by atoms with van der Waals surface area (Å²) in [7, 11) is 0. The average molecular weight is 454 g/mol. The normalized spacial score (nSPS) is 10.6. The maximum Gasteiger partial charge on any atom is 0.251 e. The zero-order chi connectivity index (χ0) is 23.1. The summed E-state index contributed by atoms with van der Waals surface area (Å²) in [5.41, 5.74) is 2.68. The van der Waals surface area contributed by atoms with Crippen molar-refractivity contribution in [2.24, 2.45) is 0 Å². The van der Waals surface area contributed by atoms with E-state index >= 15 is 0 Å². The Labute approximate surface area is 190 Å². The Morgan fingerprint density at radius 2 is 1.94 bits per heavy atom. The standard InChI is InChI=1S/C23H24FN5O2S/c1-4-11-29-20(13-25-22(31)18-8-6-5-7-15(18)2)27-28-23(29)32-14-21(30)26-19-12-17(24)10-9-16(19)3/h4-10,12H,1,11,13-14H2,2-3H3,(H,25,31)(H,26,30). The summed E-state index contributed by atoms with van der Waals surface area (Å²) in [4.78, 5) is 24.8. The monoisotopic (exact) mass is 453 g/mol. The highest BCUT2D eigenvalue weighted by atomic mass is 32.2. The lowest BCUT2D eigenvalue weighted by molar-refractivity contribution is -0.113. The van der Waals surface area contributed by atoms with Gasteiger partial charge in [-0.1, -0.05) is 42.1 Å². The summed E-state index contributed by atoms with van der Waals surface area (Å²) in [6, 6.07) is 11.6. The summed E-state index contributed by atoms with van der Waals surface area (Å²) in [5.74, 6) is -0.278. The molecule has 0 saturated carbocycles. The molecule has 9 heteroatoms. The number of aryl methyl sites for hydroxylation is 2. The lowest BCUT2D eigenvalue weighted by Gasteiger charge is -2.10. The minimum Gasteiger partial charge on any atom is -0.345 e. The molecule has 3 aromatic rings. The number of hydrogen-bond donors (Lipinski definition) is 2. The number of carbonyl (C=O) groups excluding carboxylic acids is 2. The van der Waals surface area contributed by atoms with Crippen molar-refractivity contribution in [2.75, 3.05) is 11.1 Å². The van der Waals surface area contributed by atoms with E-state index in [-0.39, 0.29) is 24.1 Å². The quantitative estimate of drug-likeness (QED) is 0.379. The van der Waals surface area contributed by atoms with E-state index in [4.69, 9.17) is 0 Å². The van der Waals surface area contributed by atoms with Gasteiger partial charge in [0.15, 0.2) is 11.0 Å². The summed E-state index contributed by atoms with van der Waals surface area (Å²) in [6.45, 7) is 8.03. The second-order valence-electron chi connectivity index (χ2n) is 7.09. The lowest BCUT2D eigenvalue weighted by atomic mass is 10.1. The number of thioether (sulfide) groups is 1. The van der Waals surface area contributed by atoms with E-state index in [1.165, 1.54) is 23.9 Å². The third-order valence-electron chi connectivity index (χ3n) is 4.71.